The highest BCUT2D eigenvalue weighted by molar-refractivity contribution is 5.96. The van der Waals surface area contributed by atoms with Crippen LogP contribution in [0, 0.1) is 41.5 Å². The van der Waals surface area contributed by atoms with Crippen LogP contribution in [-0.4, -0.2) is 22.2 Å². The van der Waals surface area contributed by atoms with Gasteiger partial charge in [0.1, 0.15) is 0 Å². The van der Waals surface area contributed by atoms with Crippen molar-refractivity contribution < 1.29 is 19.8 Å². The van der Waals surface area contributed by atoms with Crippen LogP contribution in [0.4, 0.5) is 22.7 Å². The summed E-state index contributed by atoms with van der Waals surface area (Å²) in [5.74, 6) is -1.85. The lowest BCUT2D eigenvalue weighted by atomic mass is 10.1. The predicted octanol–water partition coefficient (Wildman–Crippen LogP) is 12.2. The summed E-state index contributed by atoms with van der Waals surface area (Å²) < 4.78 is 0. The van der Waals surface area contributed by atoms with Crippen LogP contribution in [-0.2, 0) is 0 Å². The molecule has 0 amide bonds. The molecule has 0 atom stereocenters. The van der Waals surface area contributed by atoms with Gasteiger partial charge in [-0.15, -0.1) is 0 Å². The minimum Gasteiger partial charge on any atom is -0.478 e. The van der Waals surface area contributed by atoms with Crippen LogP contribution >= 0.6 is 0 Å². The van der Waals surface area contributed by atoms with E-state index in [9.17, 15) is 19.8 Å². The summed E-state index contributed by atoms with van der Waals surface area (Å²) in [5.41, 5.74) is 10.3. The second-order valence-corrected chi connectivity index (χ2v) is 9.45. The van der Waals surface area contributed by atoms with Crippen LogP contribution in [0.2, 0.25) is 0 Å². The van der Waals surface area contributed by atoms with Crippen molar-refractivity contribution in [3.05, 3.63) is 117 Å². The molecular formula is C40H58N2O4. The minimum atomic E-state index is -0.923. The Kier molecular flexibility index (Phi) is 22.5. The van der Waals surface area contributed by atoms with Crippen molar-refractivity contribution >= 4 is 34.7 Å². The van der Waals surface area contributed by atoms with Gasteiger partial charge in [0.2, 0.25) is 0 Å². The smallest absolute Gasteiger partial charge is 0.337 e. The van der Waals surface area contributed by atoms with E-state index in [0.717, 1.165) is 33.6 Å². The van der Waals surface area contributed by atoms with Gasteiger partial charge >= 0.3 is 11.9 Å². The minimum absolute atomic E-state index is 0.284. The molecule has 0 saturated heterocycles. The first-order chi connectivity index (χ1) is 22.0. The molecule has 0 saturated carbocycles. The summed E-state index contributed by atoms with van der Waals surface area (Å²) in [6.45, 7) is 28.0. The zero-order chi connectivity index (χ0) is 36.0. The van der Waals surface area contributed by atoms with Crippen molar-refractivity contribution in [1.29, 1.82) is 0 Å². The standard InChI is InChI=1S/2C16H17NO2.4C2H6/c2*1-10-7-8-13(16(18)19)15(9-10)17-14-6-4-5-11(2)12(14)3;4*1-2/h2*4-9,17H,1-3H3,(H,18,19);4*1-2H3. The fraction of sp³-hybridized carbons (Fsp3) is 0.350. The van der Waals surface area contributed by atoms with E-state index in [-0.39, 0.29) is 11.1 Å². The molecule has 4 aromatic rings. The van der Waals surface area contributed by atoms with Gasteiger partial charge in [0.25, 0.3) is 0 Å². The summed E-state index contributed by atoms with van der Waals surface area (Å²) in [6.07, 6.45) is 0. The van der Waals surface area contributed by atoms with Gasteiger partial charge in [0.15, 0.2) is 0 Å². The van der Waals surface area contributed by atoms with Gasteiger partial charge in [-0.05, 0) is 111 Å². The van der Waals surface area contributed by atoms with E-state index in [4.69, 9.17) is 0 Å². The number of benzene rings is 4. The molecule has 0 heterocycles. The Morgan fingerprint density at radius 1 is 0.457 bits per heavy atom. The van der Waals surface area contributed by atoms with Gasteiger partial charge in [-0.25, -0.2) is 9.59 Å². The first-order valence-electron chi connectivity index (χ1n) is 16.3. The first kappa shape index (κ1) is 43.5. The summed E-state index contributed by atoms with van der Waals surface area (Å²) in [6, 6.07) is 22.5. The number of nitrogens with one attached hydrogen (secondary N) is 2. The number of hydrogen-bond acceptors (Lipinski definition) is 4. The van der Waals surface area contributed by atoms with Crippen molar-refractivity contribution in [2.75, 3.05) is 10.6 Å². The van der Waals surface area contributed by atoms with Crippen LogP contribution in [0.5, 0.6) is 0 Å². The lowest BCUT2D eigenvalue weighted by Gasteiger charge is -2.14. The second-order valence-electron chi connectivity index (χ2n) is 9.45. The molecule has 0 radical (unpaired) electrons. The molecule has 0 spiro atoms. The third-order valence-electron chi connectivity index (χ3n) is 6.56. The van der Waals surface area contributed by atoms with Crippen LogP contribution in [0.1, 0.15) is 109 Å². The Morgan fingerprint density at radius 3 is 1.04 bits per heavy atom. The zero-order valence-electron chi connectivity index (χ0n) is 30.6. The highest BCUT2D eigenvalue weighted by atomic mass is 16.4. The normalized spacial score (nSPS) is 9.00. The van der Waals surface area contributed by atoms with Gasteiger partial charge in [0.05, 0.1) is 22.5 Å². The van der Waals surface area contributed by atoms with Crippen molar-refractivity contribution in [2.24, 2.45) is 0 Å². The topological polar surface area (TPSA) is 98.7 Å². The van der Waals surface area contributed by atoms with E-state index >= 15 is 0 Å². The maximum atomic E-state index is 11.2. The van der Waals surface area contributed by atoms with E-state index in [1.165, 1.54) is 11.1 Å². The Labute approximate surface area is 278 Å². The predicted molar refractivity (Wildman–Crippen MR) is 200 cm³/mol. The molecule has 4 aromatic carbocycles. The third-order valence-corrected chi connectivity index (χ3v) is 6.56. The average molecular weight is 631 g/mol. The van der Waals surface area contributed by atoms with Gasteiger partial charge in [-0.3, -0.25) is 0 Å². The molecule has 0 aliphatic rings. The van der Waals surface area contributed by atoms with Crippen LogP contribution in [0.25, 0.3) is 0 Å². The molecule has 6 heteroatoms. The summed E-state index contributed by atoms with van der Waals surface area (Å²) in [7, 11) is 0. The maximum absolute atomic E-state index is 11.2. The van der Waals surface area contributed by atoms with Crippen molar-refractivity contribution in [3.63, 3.8) is 0 Å². The van der Waals surface area contributed by atoms with Crippen molar-refractivity contribution in [3.8, 4) is 0 Å². The number of aryl methyl sites for hydroxylation is 4. The van der Waals surface area contributed by atoms with Crippen LogP contribution in [0.3, 0.4) is 0 Å². The van der Waals surface area contributed by atoms with E-state index < -0.39 is 11.9 Å². The van der Waals surface area contributed by atoms with Crippen LogP contribution in [0.15, 0.2) is 72.8 Å². The number of hydrogen-bond donors (Lipinski definition) is 4. The summed E-state index contributed by atoms with van der Waals surface area (Å²) in [5, 5.41) is 24.9. The summed E-state index contributed by atoms with van der Waals surface area (Å²) in [4.78, 5) is 22.5. The van der Waals surface area contributed by atoms with E-state index in [1.54, 1.807) is 24.3 Å². The molecule has 46 heavy (non-hydrogen) atoms. The molecule has 252 valence electrons. The van der Waals surface area contributed by atoms with E-state index in [1.807, 2.05) is 145 Å². The lowest BCUT2D eigenvalue weighted by Crippen LogP contribution is -2.04. The van der Waals surface area contributed by atoms with Gasteiger partial charge in [-0.2, -0.15) is 0 Å². The van der Waals surface area contributed by atoms with Crippen LogP contribution < -0.4 is 10.6 Å². The van der Waals surface area contributed by atoms with Gasteiger partial charge in [0, 0.05) is 11.4 Å². The van der Waals surface area contributed by atoms with Gasteiger partial charge < -0.3 is 20.8 Å². The zero-order valence-corrected chi connectivity index (χ0v) is 30.6. The first-order valence-corrected chi connectivity index (χ1v) is 16.3. The number of aromatic carboxylic acids is 2. The van der Waals surface area contributed by atoms with E-state index in [0.29, 0.717) is 11.4 Å². The molecule has 0 aromatic heterocycles. The number of carboxylic acid groups (broad SMARTS) is 2. The second kappa shape index (κ2) is 23.8. The molecule has 0 aliphatic carbocycles. The molecule has 6 nitrogen and oxygen atoms in total. The molecular weight excluding hydrogens is 572 g/mol. The average Bonchev–Trinajstić information content (AvgIpc) is 3.06. The molecule has 0 unspecified atom stereocenters. The number of anilines is 4. The Hall–Kier alpha value is -4.58. The molecule has 0 aliphatic heterocycles. The summed E-state index contributed by atoms with van der Waals surface area (Å²) >= 11 is 0. The number of carbonyl (C=O) groups is 2. The maximum Gasteiger partial charge on any atom is 0.337 e. The molecule has 0 fully saturated rings. The Bertz CT molecular complexity index is 1380. The molecule has 4 N–H and O–H groups in total. The quantitative estimate of drug-likeness (QED) is 0.169. The van der Waals surface area contributed by atoms with Gasteiger partial charge in [-0.1, -0.05) is 91.8 Å². The lowest BCUT2D eigenvalue weighted by molar-refractivity contribution is 0.0687. The fourth-order valence-corrected chi connectivity index (χ4v) is 3.96. The van der Waals surface area contributed by atoms with Crippen molar-refractivity contribution in [2.45, 2.75) is 96.9 Å². The third kappa shape index (κ3) is 13.6. The van der Waals surface area contributed by atoms with E-state index in [2.05, 4.69) is 10.6 Å². The number of carboxylic acids is 2. The largest absolute Gasteiger partial charge is 0.478 e. The molecule has 4 rings (SSSR count). The van der Waals surface area contributed by atoms with Crippen molar-refractivity contribution in [1.82, 2.24) is 0 Å². The Balaban J connectivity index is 0. The Morgan fingerprint density at radius 2 is 0.761 bits per heavy atom. The molecule has 0 bridgehead atoms. The fourth-order valence-electron chi connectivity index (χ4n) is 3.96. The monoisotopic (exact) mass is 630 g/mol. The highest BCUT2D eigenvalue weighted by Gasteiger charge is 2.12. The number of rotatable bonds is 6. The highest BCUT2D eigenvalue weighted by Crippen LogP contribution is 2.27. The SMILES string of the molecule is CC.CC.CC.CC.Cc1ccc(C(=O)O)c(Nc2cccc(C)c2C)c1.Cc1ccc(C(=O)O)c(Nc2cccc(C)c2C)c1.